The normalized spacial score (nSPS) is 12.4. The van der Waals surface area contributed by atoms with E-state index in [0.717, 1.165) is 22.7 Å². The van der Waals surface area contributed by atoms with Crippen LogP contribution in [0.25, 0.3) is 38.1 Å². The van der Waals surface area contributed by atoms with Crippen molar-refractivity contribution in [2.45, 2.75) is 19.4 Å². The van der Waals surface area contributed by atoms with Gasteiger partial charge in [-0.05, 0) is 49.7 Å². The van der Waals surface area contributed by atoms with Crippen LogP contribution >= 0.6 is 0 Å². The topological polar surface area (TPSA) is 100 Å². The van der Waals surface area contributed by atoms with Gasteiger partial charge in [0.1, 0.15) is 5.75 Å². The number of aromatic nitrogens is 2. The highest BCUT2D eigenvalue weighted by Gasteiger charge is 2.22. The SMILES string of the molecule is COCCCNC(=O)C(C)Oc1ccc2c(c1)c1ccnc3c4ccc(OC)c(OC)c4c(=O)n2c13. The van der Waals surface area contributed by atoms with Crippen LogP contribution in [0.2, 0.25) is 0 Å². The third-order valence-corrected chi connectivity index (χ3v) is 6.37. The number of pyridine rings is 2. The maximum atomic E-state index is 13.8. The van der Waals surface area contributed by atoms with Crippen molar-refractivity contribution in [2.24, 2.45) is 0 Å². The Balaban J connectivity index is 1.63. The number of amides is 1. The summed E-state index contributed by atoms with van der Waals surface area (Å²) in [5, 5.41) is 5.63. The summed E-state index contributed by atoms with van der Waals surface area (Å²) in [6.45, 7) is 2.79. The number of hydrogen-bond donors (Lipinski definition) is 1. The van der Waals surface area contributed by atoms with E-state index in [1.165, 1.54) is 14.2 Å². The molecule has 5 aromatic rings. The summed E-state index contributed by atoms with van der Waals surface area (Å²) in [7, 11) is 4.68. The molecule has 3 heterocycles. The summed E-state index contributed by atoms with van der Waals surface area (Å²) in [5.74, 6) is 1.17. The first-order valence-electron chi connectivity index (χ1n) is 11.7. The fourth-order valence-corrected chi connectivity index (χ4v) is 4.70. The first-order chi connectivity index (χ1) is 17.5. The molecule has 0 saturated heterocycles. The zero-order chi connectivity index (χ0) is 25.4. The van der Waals surface area contributed by atoms with Crippen molar-refractivity contribution in [3.05, 3.63) is 52.9 Å². The molecule has 1 amide bonds. The van der Waals surface area contributed by atoms with Gasteiger partial charge in [0.15, 0.2) is 17.6 Å². The van der Waals surface area contributed by atoms with Gasteiger partial charge in [0, 0.05) is 42.6 Å². The number of carbonyl (C=O) groups excluding carboxylic acids is 1. The molecule has 0 aliphatic rings. The van der Waals surface area contributed by atoms with Crippen LogP contribution in [0, 0.1) is 0 Å². The number of rotatable bonds is 9. The molecule has 9 nitrogen and oxygen atoms in total. The molecule has 0 saturated carbocycles. The van der Waals surface area contributed by atoms with Crippen molar-refractivity contribution in [1.82, 2.24) is 14.7 Å². The van der Waals surface area contributed by atoms with E-state index < -0.39 is 6.10 Å². The number of benzene rings is 2. The van der Waals surface area contributed by atoms with Gasteiger partial charge in [-0.25, -0.2) is 0 Å². The number of hydrogen-bond acceptors (Lipinski definition) is 7. The molecule has 1 N–H and O–H groups in total. The Hall–Kier alpha value is -4.11. The highest BCUT2D eigenvalue weighted by molar-refractivity contribution is 6.19. The second-order valence-corrected chi connectivity index (χ2v) is 8.50. The molecule has 1 atom stereocenters. The number of nitrogens with one attached hydrogen (secondary N) is 1. The standard InChI is InChI=1S/C27H27N3O6/c1-15(26(31)29-11-5-13-33-2)36-16-6-8-20-19(14-16)17-10-12-28-23-18-7-9-21(34-3)25(35-4)22(18)27(32)30(20)24(17)23/h6-10,12,14-15H,5,11,13H2,1-4H3,(H,29,31). The summed E-state index contributed by atoms with van der Waals surface area (Å²) >= 11 is 0. The van der Waals surface area contributed by atoms with Crippen LogP contribution in [0.15, 0.2) is 47.4 Å². The third kappa shape index (κ3) is 3.72. The highest BCUT2D eigenvalue weighted by Crippen LogP contribution is 2.39. The second kappa shape index (κ2) is 9.50. The smallest absolute Gasteiger partial charge is 0.267 e. The van der Waals surface area contributed by atoms with Crippen LogP contribution in [0.1, 0.15) is 13.3 Å². The minimum Gasteiger partial charge on any atom is -0.493 e. The van der Waals surface area contributed by atoms with Crippen LogP contribution in [-0.2, 0) is 9.53 Å². The average Bonchev–Trinajstić information content (AvgIpc) is 3.23. The molecule has 36 heavy (non-hydrogen) atoms. The summed E-state index contributed by atoms with van der Waals surface area (Å²) in [4.78, 5) is 30.9. The van der Waals surface area contributed by atoms with Crippen LogP contribution in [0.4, 0.5) is 0 Å². The predicted molar refractivity (Wildman–Crippen MR) is 138 cm³/mol. The quantitative estimate of drug-likeness (QED) is 0.250. The largest absolute Gasteiger partial charge is 0.493 e. The maximum Gasteiger partial charge on any atom is 0.267 e. The molecule has 3 aromatic heterocycles. The molecule has 0 radical (unpaired) electrons. The van der Waals surface area contributed by atoms with Crippen LogP contribution in [-0.4, -0.2) is 55.9 Å². The summed E-state index contributed by atoms with van der Waals surface area (Å²) in [6.07, 6.45) is 1.76. The van der Waals surface area contributed by atoms with Gasteiger partial charge in [-0.1, -0.05) is 0 Å². The Morgan fingerprint density at radius 2 is 1.89 bits per heavy atom. The second-order valence-electron chi connectivity index (χ2n) is 8.50. The van der Waals surface area contributed by atoms with E-state index in [4.69, 9.17) is 18.9 Å². The molecule has 0 aliphatic heterocycles. The summed E-state index contributed by atoms with van der Waals surface area (Å²) < 4.78 is 23.6. The Bertz CT molecular complexity index is 1640. The van der Waals surface area contributed by atoms with Crippen molar-refractivity contribution in [3.8, 4) is 17.2 Å². The summed E-state index contributed by atoms with van der Waals surface area (Å²) in [6, 6.07) is 10.9. The molecule has 0 spiro atoms. The van der Waals surface area contributed by atoms with E-state index in [0.29, 0.717) is 52.2 Å². The molecule has 9 heteroatoms. The maximum absolute atomic E-state index is 13.8. The van der Waals surface area contributed by atoms with E-state index in [-0.39, 0.29) is 11.5 Å². The molecule has 2 aromatic carbocycles. The molecule has 0 aliphatic carbocycles. The van der Waals surface area contributed by atoms with Crippen LogP contribution in [0.3, 0.4) is 0 Å². The van der Waals surface area contributed by atoms with E-state index >= 15 is 0 Å². The first-order valence-corrected chi connectivity index (χ1v) is 11.7. The molecule has 0 fully saturated rings. The van der Waals surface area contributed by atoms with E-state index in [1.807, 2.05) is 24.3 Å². The van der Waals surface area contributed by atoms with Gasteiger partial charge in [0.25, 0.3) is 11.5 Å². The number of carbonyl (C=O) groups is 1. The Morgan fingerprint density at radius 3 is 2.64 bits per heavy atom. The van der Waals surface area contributed by atoms with Crippen LogP contribution in [0.5, 0.6) is 17.2 Å². The molecule has 186 valence electrons. The molecular formula is C27H27N3O6. The lowest BCUT2D eigenvalue weighted by atomic mass is 10.1. The zero-order valence-corrected chi connectivity index (χ0v) is 20.6. The van der Waals surface area contributed by atoms with Gasteiger partial charge < -0.3 is 24.3 Å². The van der Waals surface area contributed by atoms with E-state index in [9.17, 15) is 9.59 Å². The van der Waals surface area contributed by atoms with Gasteiger partial charge in [-0.3, -0.25) is 19.0 Å². The minimum atomic E-state index is -0.686. The fraction of sp³-hybridized carbons (Fsp3) is 0.296. The van der Waals surface area contributed by atoms with E-state index in [1.54, 1.807) is 36.8 Å². The van der Waals surface area contributed by atoms with Crippen molar-refractivity contribution in [2.75, 3.05) is 34.5 Å². The highest BCUT2D eigenvalue weighted by atomic mass is 16.5. The van der Waals surface area contributed by atoms with Gasteiger partial charge in [0.2, 0.25) is 0 Å². The molecule has 1 unspecified atom stereocenters. The first kappa shape index (κ1) is 23.6. The van der Waals surface area contributed by atoms with Crippen LogP contribution < -0.4 is 25.1 Å². The average molecular weight is 490 g/mol. The molecular weight excluding hydrogens is 462 g/mol. The lowest BCUT2D eigenvalue weighted by Gasteiger charge is -2.15. The van der Waals surface area contributed by atoms with Crippen molar-refractivity contribution in [1.29, 1.82) is 0 Å². The fourth-order valence-electron chi connectivity index (χ4n) is 4.70. The van der Waals surface area contributed by atoms with Crippen molar-refractivity contribution >= 4 is 44.0 Å². The molecule has 0 bridgehead atoms. The number of methoxy groups -OCH3 is 3. The predicted octanol–water partition coefficient (Wildman–Crippen LogP) is 3.53. The van der Waals surface area contributed by atoms with Gasteiger partial charge in [-0.2, -0.15) is 0 Å². The van der Waals surface area contributed by atoms with E-state index in [2.05, 4.69) is 10.3 Å². The Kier molecular flexibility index (Phi) is 6.24. The number of fused-ring (bicyclic) bond motifs is 5. The monoisotopic (exact) mass is 489 g/mol. The lowest BCUT2D eigenvalue weighted by molar-refractivity contribution is -0.127. The zero-order valence-electron chi connectivity index (χ0n) is 20.6. The van der Waals surface area contributed by atoms with Gasteiger partial charge in [0.05, 0.1) is 36.2 Å². The number of nitrogens with zero attached hydrogens (tertiary/aromatic N) is 2. The number of ether oxygens (including phenoxy) is 4. The van der Waals surface area contributed by atoms with Crippen molar-refractivity contribution < 1.29 is 23.7 Å². The Labute approximate surface area is 206 Å². The third-order valence-electron chi connectivity index (χ3n) is 6.37. The Morgan fingerprint density at radius 1 is 1.06 bits per heavy atom. The minimum absolute atomic E-state index is 0.204. The lowest BCUT2D eigenvalue weighted by Crippen LogP contribution is -2.37. The molecule has 5 rings (SSSR count). The summed E-state index contributed by atoms with van der Waals surface area (Å²) in [5.41, 5.74) is 1.89. The van der Waals surface area contributed by atoms with Gasteiger partial charge >= 0.3 is 0 Å². The van der Waals surface area contributed by atoms with Gasteiger partial charge in [-0.15, -0.1) is 0 Å². The van der Waals surface area contributed by atoms with Crippen molar-refractivity contribution in [3.63, 3.8) is 0 Å².